The molecule has 0 aliphatic carbocycles. The number of hydrogen-bond acceptors (Lipinski definition) is 3. The zero-order chi connectivity index (χ0) is 9.14. The quantitative estimate of drug-likeness (QED) is 0.784. The highest BCUT2D eigenvalue weighted by Gasteiger charge is 2.12. The molecule has 0 aliphatic rings. The van der Waals surface area contributed by atoms with E-state index in [9.17, 15) is 4.79 Å². The Morgan fingerprint density at radius 2 is 2.31 bits per heavy atom. The Labute approximate surface area is 82.3 Å². The molecule has 0 amide bonds. The van der Waals surface area contributed by atoms with Gasteiger partial charge in [-0.05, 0) is 20.0 Å². The number of rotatable bonds is 3. The Hall–Kier alpha value is -1.000. The normalized spacial score (nSPS) is 9.38. The van der Waals surface area contributed by atoms with Gasteiger partial charge in [-0.25, -0.2) is 4.79 Å². The molecular weight excluding hydrogens is 194 g/mol. The van der Waals surface area contributed by atoms with E-state index in [0.29, 0.717) is 18.1 Å². The van der Waals surface area contributed by atoms with Crippen LogP contribution in [0.25, 0.3) is 0 Å². The van der Waals surface area contributed by atoms with Gasteiger partial charge >= 0.3 is 5.97 Å². The summed E-state index contributed by atoms with van der Waals surface area (Å²) < 4.78 is 5.17. The van der Waals surface area contributed by atoms with Gasteiger partial charge in [0.05, 0.1) is 6.54 Å². The van der Waals surface area contributed by atoms with Gasteiger partial charge in [0.25, 0.3) is 0 Å². The topological polar surface area (TPSA) is 62.5 Å². The van der Waals surface area contributed by atoms with Gasteiger partial charge in [-0.1, -0.05) is 0 Å². The van der Waals surface area contributed by atoms with E-state index in [0.717, 1.165) is 0 Å². The fraction of sp³-hybridized carbons (Fsp3) is 0.375. The standard InChI is InChI=1S/C8H11NO3.ClH/c1-5-7(8(10)11)3-6(12-5)4-9-2;/h3,9H,4H2,1-2H3,(H,10,11);1H. The molecule has 74 valence electrons. The zero-order valence-electron chi connectivity index (χ0n) is 7.46. The van der Waals surface area contributed by atoms with Gasteiger partial charge in [-0.15, -0.1) is 12.4 Å². The molecule has 4 nitrogen and oxygen atoms in total. The first-order valence-corrected chi connectivity index (χ1v) is 3.62. The first kappa shape index (κ1) is 12.0. The van der Waals surface area contributed by atoms with E-state index < -0.39 is 5.97 Å². The number of carboxylic acids is 1. The molecule has 0 spiro atoms. The minimum Gasteiger partial charge on any atom is -0.478 e. The lowest BCUT2D eigenvalue weighted by molar-refractivity contribution is 0.0695. The summed E-state index contributed by atoms with van der Waals surface area (Å²) in [6.45, 7) is 2.19. The predicted octanol–water partition coefficient (Wildman–Crippen LogP) is 1.43. The van der Waals surface area contributed by atoms with Crippen molar-refractivity contribution in [3.8, 4) is 0 Å². The van der Waals surface area contributed by atoms with E-state index in [1.54, 1.807) is 14.0 Å². The lowest BCUT2D eigenvalue weighted by Crippen LogP contribution is -2.03. The summed E-state index contributed by atoms with van der Waals surface area (Å²) in [5, 5.41) is 11.5. The number of furan rings is 1. The molecule has 1 heterocycles. The first-order valence-electron chi connectivity index (χ1n) is 3.62. The third-order valence-corrected chi connectivity index (χ3v) is 1.55. The molecule has 0 bridgehead atoms. The molecule has 0 aromatic carbocycles. The second-order valence-electron chi connectivity index (χ2n) is 2.52. The molecule has 0 fully saturated rings. The Morgan fingerprint density at radius 3 is 2.69 bits per heavy atom. The number of carboxylic acid groups (broad SMARTS) is 1. The Kier molecular flexibility index (Phi) is 4.51. The average molecular weight is 206 g/mol. The van der Waals surface area contributed by atoms with Crippen molar-refractivity contribution in [2.75, 3.05) is 7.05 Å². The number of carbonyl (C=O) groups is 1. The van der Waals surface area contributed by atoms with E-state index in [2.05, 4.69) is 5.32 Å². The van der Waals surface area contributed by atoms with Crippen molar-refractivity contribution in [2.45, 2.75) is 13.5 Å². The zero-order valence-corrected chi connectivity index (χ0v) is 8.27. The molecule has 1 aromatic heterocycles. The molecule has 0 saturated carbocycles. The minimum absolute atomic E-state index is 0. The second-order valence-corrected chi connectivity index (χ2v) is 2.52. The Bertz CT molecular complexity index is 296. The number of aryl methyl sites for hydroxylation is 1. The molecule has 5 heteroatoms. The fourth-order valence-electron chi connectivity index (χ4n) is 1.02. The molecule has 1 aromatic rings. The number of hydrogen-bond donors (Lipinski definition) is 2. The van der Waals surface area contributed by atoms with Gasteiger partial charge in [-0.2, -0.15) is 0 Å². The maximum atomic E-state index is 10.6. The van der Waals surface area contributed by atoms with Crippen LogP contribution in [0, 0.1) is 6.92 Å². The largest absolute Gasteiger partial charge is 0.478 e. The predicted molar refractivity (Wildman–Crippen MR) is 50.4 cm³/mol. The lowest BCUT2D eigenvalue weighted by atomic mass is 10.2. The summed E-state index contributed by atoms with van der Waals surface area (Å²) in [5.74, 6) is 0.152. The monoisotopic (exact) mass is 205 g/mol. The van der Waals surface area contributed by atoms with Crippen LogP contribution < -0.4 is 5.32 Å². The van der Waals surface area contributed by atoms with Crippen LogP contribution in [0.3, 0.4) is 0 Å². The van der Waals surface area contributed by atoms with E-state index in [4.69, 9.17) is 9.52 Å². The van der Waals surface area contributed by atoms with Crippen LogP contribution in [0.4, 0.5) is 0 Å². The van der Waals surface area contributed by atoms with E-state index in [1.807, 2.05) is 0 Å². The van der Waals surface area contributed by atoms with Crippen molar-refractivity contribution < 1.29 is 14.3 Å². The van der Waals surface area contributed by atoms with Crippen molar-refractivity contribution >= 4 is 18.4 Å². The summed E-state index contributed by atoms with van der Waals surface area (Å²) in [5.41, 5.74) is 0.236. The summed E-state index contributed by atoms with van der Waals surface area (Å²) in [7, 11) is 1.78. The van der Waals surface area contributed by atoms with Crippen molar-refractivity contribution in [1.82, 2.24) is 5.32 Å². The molecular formula is C8H12ClNO3. The van der Waals surface area contributed by atoms with Gasteiger partial charge in [-0.3, -0.25) is 0 Å². The Morgan fingerprint density at radius 1 is 1.69 bits per heavy atom. The summed E-state index contributed by atoms with van der Waals surface area (Å²) in [6, 6.07) is 1.54. The van der Waals surface area contributed by atoms with Crippen molar-refractivity contribution in [2.24, 2.45) is 0 Å². The third kappa shape index (κ3) is 2.75. The van der Waals surface area contributed by atoms with Crippen LogP contribution in [0.2, 0.25) is 0 Å². The van der Waals surface area contributed by atoms with Crippen molar-refractivity contribution in [1.29, 1.82) is 0 Å². The number of halogens is 1. The molecule has 13 heavy (non-hydrogen) atoms. The van der Waals surface area contributed by atoms with Gasteiger partial charge in [0.2, 0.25) is 0 Å². The maximum Gasteiger partial charge on any atom is 0.339 e. The summed E-state index contributed by atoms with van der Waals surface area (Å²) in [4.78, 5) is 10.6. The SMILES string of the molecule is CNCc1cc(C(=O)O)c(C)o1.Cl. The van der Waals surface area contributed by atoms with Crippen LogP contribution in [0.1, 0.15) is 21.9 Å². The minimum atomic E-state index is -0.946. The highest BCUT2D eigenvalue weighted by molar-refractivity contribution is 5.88. The van der Waals surface area contributed by atoms with Gasteiger partial charge < -0.3 is 14.8 Å². The molecule has 1 rings (SSSR count). The molecule has 0 saturated heterocycles. The third-order valence-electron chi connectivity index (χ3n) is 1.55. The fourth-order valence-corrected chi connectivity index (χ4v) is 1.02. The number of aromatic carboxylic acids is 1. The molecule has 2 N–H and O–H groups in total. The first-order chi connectivity index (χ1) is 5.65. The van der Waals surface area contributed by atoms with Crippen molar-refractivity contribution in [3.63, 3.8) is 0 Å². The molecule has 0 aliphatic heterocycles. The van der Waals surface area contributed by atoms with Crippen LogP contribution in [0.5, 0.6) is 0 Å². The van der Waals surface area contributed by atoms with E-state index in [1.165, 1.54) is 6.07 Å². The van der Waals surface area contributed by atoms with Gasteiger partial charge in [0.15, 0.2) is 0 Å². The highest BCUT2D eigenvalue weighted by atomic mass is 35.5. The average Bonchev–Trinajstić information content (AvgIpc) is 2.32. The molecule has 0 unspecified atom stereocenters. The van der Waals surface area contributed by atoms with Crippen LogP contribution >= 0.6 is 12.4 Å². The van der Waals surface area contributed by atoms with Gasteiger partial charge in [0.1, 0.15) is 17.1 Å². The van der Waals surface area contributed by atoms with Crippen molar-refractivity contribution in [3.05, 3.63) is 23.2 Å². The molecule has 0 atom stereocenters. The number of nitrogens with one attached hydrogen (secondary N) is 1. The van der Waals surface area contributed by atoms with E-state index in [-0.39, 0.29) is 18.0 Å². The van der Waals surface area contributed by atoms with Crippen LogP contribution in [-0.2, 0) is 6.54 Å². The smallest absolute Gasteiger partial charge is 0.339 e. The van der Waals surface area contributed by atoms with Gasteiger partial charge in [0, 0.05) is 0 Å². The second kappa shape index (κ2) is 4.89. The molecule has 0 radical (unpaired) electrons. The van der Waals surface area contributed by atoms with Crippen LogP contribution in [-0.4, -0.2) is 18.1 Å². The van der Waals surface area contributed by atoms with Crippen LogP contribution in [0.15, 0.2) is 10.5 Å². The highest BCUT2D eigenvalue weighted by Crippen LogP contribution is 2.13. The van der Waals surface area contributed by atoms with E-state index >= 15 is 0 Å². The lowest BCUT2D eigenvalue weighted by Gasteiger charge is -1.90. The Balaban J connectivity index is 0.00000144. The summed E-state index contributed by atoms with van der Waals surface area (Å²) in [6.07, 6.45) is 0. The summed E-state index contributed by atoms with van der Waals surface area (Å²) >= 11 is 0. The maximum absolute atomic E-state index is 10.6.